The molecule has 1 saturated heterocycles. The molecule has 0 spiro atoms. The molecule has 0 N–H and O–H groups in total. The molecule has 2 aromatic carbocycles. The molecular weight excluding hydrogens is 298 g/mol. The fourth-order valence-corrected chi connectivity index (χ4v) is 3.14. The van der Waals surface area contributed by atoms with E-state index in [1.54, 1.807) is 0 Å². The van der Waals surface area contributed by atoms with Crippen molar-refractivity contribution in [2.75, 3.05) is 24.6 Å². The van der Waals surface area contributed by atoms with E-state index in [0.29, 0.717) is 18.7 Å². The van der Waals surface area contributed by atoms with Gasteiger partial charge in [-0.2, -0.15) is 5.26 Å². The van der Waals surface area contributed by atoms with Crippen molar-refractivity contribution in [2.24, 2.45) is 0 Å². The van der Waals surface area contributed by atoms with E-state index in [4.69, 9.17) is 9.72 Å². The quantitative estimate of drug-likeness (QED) is 0.724. The summed E-state index contributed by atoms with van der Waals surface area (Å²) in [6.07, 6.45) is -0.000219. The van der Waals surface area contributed by atoms with E-state index in [0.717, 1.165) is 28.8 Å². The molecule has 1 aliphatic rings. The number of pyridine rings is 1. The number of fused-ring (bicyclic) bond motifs is 1. The summed E-state index contributed by atoms with van der Waals surface area (Å²) in [5.74, 6) is 0.750. The van der Waals surface area contributed by atoms with Crippen LogP contribution >= 0.6 is 0 Å². The molecule has 4 rings (SSSR count). The number of benzene rings is 2. The Hall–Kier alpha value is -2.90. The van der Waals surface area contributed by atoms with Crippen LogP contribution in [-0.2, 0) is 4.74 Å². The number of anilines is 1. The maximum absolute atomic E-state index is 9.54. The summed E-state index contributed by atoms with van der Waals surface area (Å²) in [7, 11) is 0. The Labute approximate surface area is 140 Å². The topological polar surface area (TPSA) is 49.2 Å². The molecular formula is C20H17N3O. The molecule has 1 atom stereocenters. The number of aromatic nitrogens is 1. The standard InChI is InChI=1S/C20H17N3O/c21-13-17-12-16-8-4-5-9-18(16)22-20(17)23-10-11-24-19(14-23)15-6-2-1-3-7-15/h1-9,12,19H,10-11,14H2/t19-/m0/s1. The predicted molar refractivity (Wildman–Crippen MR) is 93.8 cm³/mol. The number of nitriles is 1. The minimum atomic E-state index is -0.000219. The molecule has 1 fully saturated rings. The molecule has 118 valence electrons. The van der Waals surface area contributed by atoms with Gasteiger partial charge in [0.2, 0.25) is 0 Å². The zero-order chi connectivity index (χ0) is 16.4. The van der Waals surface area contributed by atoms with Crippen molar-refractivity contribution in [2.45, 2.75) is 6.10 Å². The van der Waals surface area contributed by atoms with E-state index < -0.39 is 0 Å². The van der Waals surface area contributed by atoms with Crippen LogP contribution in [-0.4, -0.2) is 24.7 Å². The predicted octanol–water partition coefficient (Wildman–Crippen LogP) is 3.68. The third-order valence-electron chi connectivity index (χ3n) is 4.36. The summed E-state index contributed by atoms with van der Waals surface area (Å²) in [5.41, 5.74) is 2.68. The molecule has 1 aliphatic heterocycles. The fraction of sp³-hybridized carbons (Fsp3) is 0.200. The van der Waals surface area contributed by atoms with Crippen LogP contribution < -0.4 is 4.90 Å². The van der Waals surface area contributed by atoms with Crippen molar-refractivity contribution in [3.63, 3.8) is 0 Å². The van der Waals surface area contributed by atoms with Crippen molar-refractivity contribution in [3.8, 4) is 6.07 Å². The van der Waals surface area contributed by atoms with Gasteiger partial charge in [0.15, 0.2) is 0 Å². The maximum atomic E-state index is 9.54. The summed E-state index contributed by atoms with van der Waals surface area (Å²) >= 11 is 0. The number of hydrogen-bond acceptors (Lipinski definition) is 4. The van der Waals surface area contributed by atoms with Crippen molar-refractivity contribution in [1.82, 2.24) is 4.98 Å². The zero-order valence-electron chi connectivity index (χ0n) is 13.2. The third-order valence-corrected chi connectivity index (χ3v) is 4.36. The second kappa shape index (κ2) is 6.31. The lowest BCUT2D eigenvalue weighted by Gasteiger charge is -2.34. The van der Waals surface area contributed by atoms with Crippen molar-refractivity contribution < 1.29 is 4.74 Å². The van der Waals surface area contributed by atoms with Gasteiger partial charge in [0.1, 0.15) is 18.0 Å². The van der Waals surface area contributed by atoms with Crippen LogP contribution in [0.5, 0.6) is 0 Å². The molecule has 0 radical (unpaired) electrons. The molecule has 2 heterocycles. The molecule has 4 heteroatoms. The van der Waals surface area contributed by atoms with E-state index in [1.807, 2.05) is 48.5 Å². The first-order valence-electron chi connectivity index (χ1n) is 8.06. The van der Waals surface area contributed by atoms with Gasteiger partial charge in [-0.3, -0.25) is 0 Å². The van der Waals surface area contributed by atoms with Crippen LogP contribution in [0.2, 0.25) is 0 Å². The van der Waals surface area contributed by atoms with Crippen molar-refractivity contribution in [1.29, 1.82) is 5.26 Å². The van der Waals surface area contributed by atoms with Gasteiger partial charge in [-0.1, -0.05) is 48.5 Å². The van der Waals surface area contributed by atoms with Crippen LogP contribution in [0, 0.1) is 11.3 Å². The van der Waals surface area contributed by atoms with E-state index in [1.165, 1.54) is 0 Å². The lowest BCUT2D eigenvalue weighted by molar-refractivity contribution is 0.0395. The largest absolute Gasteiger partial charge is 0.370 e. The van der Waals surface area contributed by atoms with Gasteiger partial charge in [0.05, 0.1) is 17.7 Å². The normalized spacial score (nSPS) is 17.6. The van der Waals surface area contributed by atoms with Gasteiger partial charge >= 0.3 is 0 Å². The van der Waals surface area contributed by atoms with Crippen LogP contribution in [0.3, 0.4) is 0 Å². The SMILES string of the molecule is N#Cc1cc2ccccc2nc1N1CCO[C@H](c2ccccc2)C1. The van der Waals surface area contributed by atoms with Gasteiger partial charge in [0, 0.05) is 18.5 Å². The number of para-hydroxylation sites is 1. The number of rotatable bonds is 2. The number of morpholine rings is 1. The summed E-state index contributed by atoms with van der Waals surface area (Å²) < 4.78 is 5.92. The monoisotopic (exact) mass is 315 g/mol. The number of hydrogen-bond donors (Lipinski definition) is 0. The van der Waals surface area contributed by atoms with Crippen LogP contribution in [0.25, 0.3) is 10.9 Å². The molecule has 24 heavy (non-hydrogen) atoms. The smallest absolute Gasteiger partial charge is 0.147 e. The Bertz CT molecular complexity index is 902. The third kappa shape index (κ3) is 2.70. The fourth-order valence-electron chi connectivity index (χ4n) is 3.14. The Morgan fingerprint density at radius 2 is 1.88 bits per heavy atom. The van der Waals surface area contributed by atoms with E-state index in [-0.39, 0.29) is 6.10 Å². The van der Waals surface area contributed by atoms with Crippen LogP contribution in [0.4, 0.5) is 5.82 Å². The average molecular weight is 315 g/mol. The van der Waals surface area contributed by atoms with Crippen LogP contribution in [0.1, 0.15) is 17.2 Å². The molecule has 1 aromatic heterocycles. The average Bonchev–Trinajstić information content (AvgIpc) is 2.67. The lowest BCUT2D eigenvalue weighted by Crippen LogP contribution is -2.39. The highest BCUT2D eigenvalue weighted by Crippen LogP contribution is 2.28. The highest BCUT2D eigenvalue weighted by Gasteiger charge is 2.24. The molecule has 4 nitrogen and oxygen atoms in total. The Balaban J connectivity index is 1.70. The highest BCUT2D eigenvalue weighted by molar-refractivity contribution is 5.83. The summed E-state index contributed by atoms with van der Waals surface area (Å²) in [6, 6.07) is 22.3. The molecule has 0 bridgehead atoms. The van der Waals surface area contributed by atoms with Gasteiger partial charge < -0.3 is 9.64 Å². The number of nitrogens with zero attached hydrogens (tertiary/aromatic N) is 3. The summed E-state index contributed by atoms with van der Waals surface area (Å²) in [6.45, 7) is 2.06. The first kappa shape index (κ1) is 14.7. The molecule has 0 unspecified atom stereocenters. The Kier molecular flexibility index (Phi) is 3.86. The second-order valence-corrected chi connectivity index (χ2v) is 5.88. The summed E-state index contributed by atoms with van der Waals surface area (Å²) in [4.78, 5) is 6.90. The van der Waals surface area contributed by atoms with E-state index in [2.05, 4.69) is 23.1 Å². The Morgan fingerprint density at radius 1 is 1.08 bits per heavy atom. The minimum absolute atomic E-state index is 0.000219. The first-order valence-corrected chi connectivity index (χ1v) is 8.06. The van der Waals surface area contributed by atoms with Crippen molar-refractivity contribution in [3.05, 3.63) is 71.8 Å². The lowest BCUT2D eigenvalue weighted by atomic mass is 10.1. The molecule has 0 aliphatic carbocycles. The van der Waals surface area contributed by atoms with E-state index in [9.17, 15) is 5.26 Å². The van der Waals surface area contributed by atoms with Crippen LogP contribution in [0.15, 0.2) is 60.7 Å². The summed E-state index contributed by atoms with van der Waals surface area (Å²) in [5, 5.41) is 10.5. The van der Waals surface area contributed by atoms with E-state index >= 15 is 0 Å². The first-order chi connectivity index (χ1) is 11.8. The minimum Gasteiger partial charge on any atom is -0.370 e. The molecule has 0 amide bonds. The van der Waals surface area contributed by atoms with Gasteiger partial charge in [-0.15, -0.1) is 0 Å². The maximum Gasteiger partial charge on any atom is 0.147 e. The molecule has 0 saturated carbocycles. The van der Waals surface area contributed by atoms with Gasteiger partial charge in [0.25, 0.3) is 0 Å². The molecule has 3 aromatic rings. The Morgan fingerprint density at radius 3 is 2.71 bits per heavy atom. The number of ether oxygens (including phenoxy) is 1. The van der Waals surface area contributed by atoms with Gasteiger partial charge in [-0.05, 0) is 17.7 Å². The van der Waals surface area contributed by atoms with Crippen molar-refractivity contribution >= 4 is 16.7 Å². The zero-order valence-corrected chi connectivity index (χ0v) is 13.2. The second-order valence-electron chi connectivity index (χ2n) is 5.88. The van der Waals surface area contributed by atoms with Gasteiger partial charge in [-0.25, -0.2) is 4.98 Å². The highest BCUT2D eigenvalue weighted by atomic mass is 16.5.